The number of nitrogens with zero attached hydrogens (tertiary/aromatic N) is 1. The summed E-state index contributed by atoms with van der Waals surface area (Å²) in [5, 5.41) is 12.4. The van der Waals surface area contributed by atoms with Gasteiger partial charge in [0.05, 0.1) is 25.3 Å². The summed E-state index contributed by atoms with van der Waals surface area (Å²) in [6, 6.07) is 9.49. The van der Waals surface area contributed by atoms with Crippen molar-refractivity contribution in [3.05, 3.63) is 46.8 Å². The van der Waals surface area contributed by atoms with Crippen LogP contribution >= 0.6 is 11.3 Å². The molecule has 2 N–H and O–H groups in total. The number of carbonyl (C=O) groups is 1. The minimum absolute atomic E-state index is 0.0956. The number of nitrogens with one attached hydrogen (secondary N) is 1. The SMILES string of the molecule is O=C(NCc1ccc(S(=O)(=O)N2CCOCC2)s1)c1ccccc1O. The fourth-order valence-corrected chi connectivity index (χ4v) is 5.29. The molecule has 0 spiro atoms. The van der Waals surface area contributed by atoms with Gasteiger partial charge in [0, 0.05) is 18.0 Å². The Labute approximate surface area is 149 Å². The van der Waals surface area contributed by atoms with Crippen LogP contribution < -0.4 is 5.32 Å². The molecule has 1 aliphatic heterocycles. The van der Waals surface area contributed by atoms with E-state index in [0.717, 1.165) is 16.2 Å². The number of thiophene rings is 1. The number of para-hydroxylation sites is 1. The van der Waals surface area contributed by atoms with Gasteiger partial charge in [0.15, 0.2) is 0 Å². The summed E-state index contributed by atoms with van der Waals surface area (Å²) in [6.07, 6.45) is 0. The number of carbonyl (C=O) groups excluding carboxylic acids is 1. The zero-order chi connectivity index (χ0) is 17.9. The van der Waals surface area contributed by atoms with Crippen LogP contribution in [0.2, 0.25) is 0 Å². The van der Waals surface area contributed by atoms with Gasteiger partial charge in [-0.2, -0.15) is 4.31 Å². The van der Waals surface area contributed by atoms with Gasteiger partial charge in [0.25, 0.3) is 15.9 Å². The summed E-state index contributed by atoms with van der Waals surface area (Å²) < 4.78 is 32.0. The van der Waals surface area contributed by atoms with E-state index in [4.69, 9.17) is 4.74 Å². The Hall–Kier alpha value is -1.94. The van der Waals surface area contributed by atoms with E-state index >= 15 is 0 Å². The zero-order valence-corrected chi connectivity index (χ0v) is 15.0. The summed E-state index contributed by atoms with van der Waals surface area (Å²) in [5.41, 5.74) is 0.181. The Balaban J connectivity index is 1.66. The van der Waals surface area contributed by atoms with Crippen LogP contribution in [0.1, 0.15) is 15.2 Å². The molecule has 0 saturated carbocycles. The fraction of sp³-hybridized carbons (Fsp3) is 0.312. The van der Waals surface area contributed by atoms with Gasteiger partial charge in [-0.25, -0.2) is 8.42 Å². The van der Waals surface area contributed by atoms with Crippen molar-refractivity contribution in [2.45, 2.75) is 10.8 Å². The molecule has 0 radical (unpaired) electrons. The van der Waals surface area contributed by atoms with Gasteiger partial charge in [0.2, 0.25) is 0 Å². The lowest BCUT2D eigenvalue weighted by Crippen LogP contribution is -2.40. The van der Waals surface area contributed by atoms with Crippen molar-refractivity contribution >= 4 is 27.3 Å². The molecular formula is C16H18N2O5S2. The third-order valence-corrected chi connectivity index (χ3v) is 7.22. The van der Waals surface area contributed by atoms with Crippen molar-refractivity contribution in [3.63, 3.8) is 0 Å². The molecule has 2 aromatic rings. The normalized spacial score (nSPS) is 15.8. The van der Waals surface area contributed by atoms with E-state index in [1.165, 1.54) is 16.4 Å². The van der Waals surface area contributed by atoms with E-state index in [1.54, 1.807) is 24.3 Å². The molecule has 1 saturated heterocycles. The van der Waals surface area contributed by atoms with Crippen molar-refractivity contribution in [2.24, 2.45) is 0 Å². The van der Waals surface area contributed by atoms with Crippen molar-refractivity contribution in [2.75, 3.05) is 26.3 Å². The number of rotatable bonds is 5. The highest BCUT2D eigenvalue weighted by Gasteiger charge is 2.27. The lowest BCUT2D eigenvalue weighted by atomic mass is 10.2. The second-order valence-electron chi connectivity index (χ2n) is 5.44. The molecule has 0 aliphatic carbocycles. The smallest absolute Gasteiger partial charge is 0.255 e. The van der Waals surface area contributed by atoms with E-state index in [0.29, 0.717) is 26.3 Å². The number of ether oxygens (including phenoxy) is 1. The minimum atomic E-state index is -3.52. The third-order valence-electron chi connectivity index (χ3n) is 3.77. The largest absolute Gasteiger partial charge is 0.507 e. The topological polar surface area (TPSA) is 95.9 Å². The lowest BCUT2D eigenvalue weighted by Gasteiger charge is -2.25. The monoisotopic (exact) mass is 382 g/mol. The molecule has 1 amide bonds. The minimum Gasteiger partial charge on any atom is -0.507 e. The van der Waals surface area contributed by atoms with Crippen LogP contribution in [-0.4, -0.2) is 50.0 Å². The van der Waals surface area contributed by atoms with Gasteiger partial charge < -0.3 is 15.2 Å². The molecule has 0 bridgehead atoms. The number of aromatic hydroxyl groups is 1. The Morgan fingerprint density at radius 3 is 2.64 bits per heavy atom. The molecule has 9 heteroatoms. The summed E-state index contributed by atoms with van der Waals surface area (Å²) in [5.74, 6) is -0.508. The van der Waals surface area contributed by atoms with Gasteiger partial charge in [-0.3, -0.25) is 4.79 Å². The first-order chi connectivity index (χ1) is 12.0. The number of hydrogen-bond acceptors (Lipinski definition) is 6. The van der Waals surface area contributed by atoms with E-state index in [1.807, 2.05) is 0 Å². The van der Waals surface area contributed by atoms with Crippen molar-refractivity contribution < 1.29 is 23.1 Å². The average molecular weight is 382 g/mol. The van der Waals surface area contributed by atoms with Crippen LogP contribution in [-0.2, 0) is 21.3 Å². The number of hydrogen-bond donors (Lipinski definition) is 2. The number of morpholine rings is 1. The predicted octanol–water partition coefficient (Wildman–Crippen LogP) is 1.40. The molecule has 2 heterocycles. The summed E-state index contributed by atoms with van der Waals surface area (Å²) >= 11 is 1.13. The molecule has 0 atom stereocenters. The van der Waals surface area contributed by atoms with Gasteiger partial charge in [-0.05, 0) is 24.3 Å². The molecule has 1 aromatic carbocycles. The fourth-order valence-electron chi connectivity index (χ4n) is 2.43. The first kappa shape index (κ1) is 17.9. The van der Waals surface area contributed by atoms with Crippen molar-refractivity contribution in [1.29, 1.82) is 0 Å². The van der Waals surface area contributed by atoms with Crippen molar-refractivity contribution in [1.82, 2.24) is 9.62 Å². The second kappa shape index (κ2) is 7.52. The summed E-state index contributed by atoms with van der Waals surface area (Å²) in [7, 11) is -3.52. The first-order valence-corrected chi connectivity index (χ1v) is 9.97. The predicted molar refractivity (Wildman–Crippen MR) is 93.2 cm³/mol. The molecule has 25 heavy (non-hydrogen) atoms. The molecule has 1 fully saturated rings. The highest BCUT2D eigenvalue weighted by molar-refractivity contribution is 7.91. The molecule has 1 aliphatic rings. The van der Waals surface area contributed by atoms with E-state index in [9.17, 15) is 18.3 Å². The maximum absolute atomic E-state index is 12.6. The summed E-state index contributed by atoms with van der Waals surface area (Å²) in [4.78, 5) is 12.8. The van der Waals surface area contributed by atoms with E-state index in [2.05, 4.69) is 5.32 Å². The quantitative estimate of drug-likeness (QED) is 0.815. The lowest BCUT2D eigenvalue weighted by molar-refractivity contribution is 0.0731. The standard InChI is InChI=1S/C16H18N2O5S2/c19-14-4-2-1-3-13(14)16(20)17-11-12-5-6-15(24-12)25(21,22)18-7-9-23-10-8-18/h1-6,19H,7-11H2,(H,17,20). The highest BCUT2D eigenvalue weighted by Crippen LogP contribution is 2.25. The highest BCUT2D eigenvalue weighted by atomic mass is 32.2. The van der Waals surface area contributed by atoms with Crippen LogP contribution in [0, 0.1) is 0 Å². The van der Waals surface area contributed by atoms with Crippen LogP contribution in [0.25, 0.3) is 0 Å². The van der Waals surface area contributed by atoms with Crippen LogP contribution in [0.4, 0.5) is 0 Å². The van der Waals surface area contributed by atoms with Crippen LogP contribution in [0.5, 0.6) is 5.75 Å². The average Bonchev–Trinajstić information content (AvgIpc) is 3.11. The van der Waals surface area contributed by atoms with Gasteiger partial charge in [-0.1, -0.05) is 12.1 Å². The van der Waals surface area contributed by atoms with Crippen molar-refractivity contribution in [3.8, 4) is 5.75 Å². The number of sulfonamides is 1. The molecule has 0 unspecified atom stereocenters. The molecule has 3 rings (SSSR count). The maximum atomic E-state index is 12.6. The molecule has 7 nitrogen and oxygen atoms in total. The number of phenols is 1. The Morgan fingerprint density at radius 1 is 1.20 bits per heavy atom. The van der Waals surface area contributed by atoms with Gasteiger partial charge >= 0.3 is 0 Å². The zero-order valence-electron chi connectivity index (χ0n) is 13.3. The van der Waals surface area contributed by atoms with E-state index in [-0.39, 0.29) is 22.1 Å². The van der Waals surface area contributed by atoms with Crippen LogP contribution in [0.15, 0.2) is 40.6 Å². The molecule has 1 aromatic heterocycles. The second-order valence-corrected chi connectivity index (χ2v) is 8.77. The van der Waals surface area contributed by atoms with E-state index < -0.39 is 15.9 Å². The third kappa shape index (κ3) is 4.01. The Bertz CT molecular complexity index is 857. The van der Waals surface area contributed by atoms with Gasteiger partial charge in [-0.15, -0.1) is 11.3 Å². The maximum Gasteiger partial charge on any atom is 0.255 e. The molecule has 134 valence electrons. The summed E-state index contributed by atoms with van der Waals surface area (Å²) in [6.45, 7) is 1.68. The Morgan fingerprint density at radius 2 is 1.92 bits per heavy atom. The Kier molecular flexibility index (Phi) is 5.38. The van der Waals surface area contributed by atoms with Gasteiger partial charge in [0.1, 0.15) is 9.96 Å². The molecular weight excluding hydrogens is 364 g/mol. The number of phenolic OH excluding ortho intramolecular Hbond substituents is 1. The first-order valence-electron chi connectivity index (χ1n) is 7.71. The van der Waals surface area contributed by atoms with Crippen LogP contribution in [0.3, 0.4) is 0 Å². The number of amides is 1. The number of benzene rings is 1.